The van der Waals surface area contributed by atoms with Crippen LogP contribution in [0.5, 0.6) is 0 Å². The molecule has 0 atom stereocenters. The predicted octanol–water partition coefficient (Wildman–Crippen LogP) is 4.72. The van der Waals surface area contributed by atoms with Crippen LogP contribution in [-0.4, -0.2) is 19.9 Å². The van der Waals surface area contributed by atoms with Gasteiger partial charge in [0.25, 0.3) is 0 Å². The number of aliphatic hydroxyl groups excluding tert-OH is 1. The first-order chi connectivity index (χ1) is 13.3. The number of nitrogens with zero attached hydrogens (tertiary/aromatic N) is 3. The van der Waals surface area contributed by atoms with Crippen molar-refractivity contribution in [3.8, 4) is 16.8 Å². The molecule has 0 fully saturated rings. The fourth-order valence-electron chi connectivity index (χ4n) is 2.80. The lowest BCUT2D eigenvalue weighted by molar-refractivity contribution is 0.282. The maximum Gasteiger partial charge on any atom is 0.138 e. The van der Waals surface area contributed by atoms with Gasteiger partial charge in [0.15, 0.2) is 0 Å². The Balaban J connectivity index is 1.38. The van der Waals surface area contributed by atoms with Crippen molar-refractivity contribution in [3.05, 3.63) is 96.6 Å². The number of aliphatic hydroxyl groups is 1. The Morgan fingerprint density at radius 1 is 0.778 bits per heavy atom. The van der Waals surface area contributed by atoms with Crippen molar-refractivity contribution in [3.63, 3.8) is 0 Å². The number of rotatable bonds is 6. The average molecular weight is 373 g/mol. The van der Waals surface area contributed by atoms with Crippen molar-refractivity contribution in [1.29, 1.82) is 0 Å². The van der Waals surface area contributed by atoms with Gasteiger partial charge in [-0.3, -0.25) is 0 Å². The summed E-state index contributed by atoms with van der Waals surface area (Å²) in [7, 11) is 0. The molecule has 0 saturated carbocycles. The average Bonchev–Trinajstić information content (AvgIpc) is 3.28. The van der Waals surface area contributed by atoms with Crippen LogP contribution in [0, 0.1) is 0 Å². The first kappa shape index (κ1) is 17.5. The first-order valence-electron chi connectivity index (χ1n) is 8.69. The third kappa shape index (κ3) is 4.27. The zero-order valence-corrected chi connectivity index (χ0v) is 15.5. The molecule has 0 spiro atoms. The van der Waals surface area contributed by atoms with E-state index in [4.69, 9.17) is 5.11 Å². The van der Waals surface area contributed by atoms with Crippen molar-refractivity contribution in [2.75, 3.05) is 0 Å². The number of hydrogen-bond donors (Lipinski definition) is 1. The van der Waals surface area contributed by atoms with Gasteiger partial charge >= 0.3 is 0 Å². The molecule has 5 heteroatoms. The Labute approximate surface area is 162 Å². The van der Waals surface area contributed by atoms with Crippen molar-refractivity contribution in [2.45, 2.75) is 17.3 Å². The highest BCUT2D eigenvalue weighted by atomic mass is 32.2. The Bertz CT molecular complexity index is 979. The third-order valence-corrected chi connectivity index (χ3v) is 5.43. The predicted molar refractivity (Wildman–Crippen MR) is 109 cm³/mol. The quantitative estimate of drug-likeness (QED) is 0.497. The molecule has 0 unspecified atom stereocenters. The van der Waals surface area contributed by atoms with E-state index in [1.54, 1.807) is 11.0 Å². The van der Waals surface area contributed by atoms with E-state index in [9.17, 15) is 0 Å². The van der Waals surface area contributed by atoms with Crippen molar-refractivity contribution in [1.82, 2.24) is 14.8 Å². The number of thioether (sulfide) groups is 1. The largest absolute Gasteiger partial charge is 0.392 e. The van der Waals surface area contributed by atoms with Crippen molar-refractivity contribution in [2.24, 2.45) is 0 Å². The molecule has 0 bridgehead atoms. The summed E-state index contributed by atoms with van der Waals surface area (Å²) in [6.07, 6.45) is 3.23. The van der Waals surface area contributed by atoms with Gasteiger partial charge in [-0.05, 0) is 46.5 Å². The monoisotopic (exact) mass is 373 g/mol. The zero-order chi connectivity index (χ0) is 18.5. The van der Waals surface area contributed by atoms with Gasteiger partial charge in [-0.2, -0.15) is 5.10 Å². The van der Waals surface area contributed by atoms with Crippen LogP contribution in [0.25, 0.3) is 16.8 Å². The minimum Gasteiger partial charge on any atom is -0.392 e. The van der Waals surface area contributed by atoms with Gasteiger partial charge < -0.3 is 5.11 Å². The number of aromatic nitrogens is 3. The summed E-state index contributed by atoms with van der Waals surface area (Å²) < 4.78 is 1.75. The van der Waals surface area contributed by atoms with Crippen LogP contribution in [0.3, 0.4) is 0 Å². The molecule has 1 aromatic heterocycles. The SMILES string of the molecule is OCc1ccc(-c2ccc(SCc3ccc(-n4cncn4)cc3)cc2)cc1. The summed E-state index contributed by atoms with van der Waals surface area (Å²) in [6.45, 7) is 0.0790. The highest BCUT2D eigenvalue weighted by molar-refractivity contribution is 7.98. The summed E-state index contributed by atoms with van der Waals surface area (Å²) in [5.41, 5.74) is 5.56. The summed E-state index contributed by atoms with van der Waals surface area (Å²) >= 11 is 1.82. The van der Waals surface area contributed by atoms with E-state index in [0.717, 1.165) is 22.6 Å². The van der Waals surface area contributed by atoms with Gasteiger partial charge in [-0.1, -0.05) is 48.5 Å². The smallest absolute Gasteiger partial charge is 0.138 e. The highest BCUT2D eigenvalue weighted by Crippen LogP contribution is 2.27. The highest BCUT2D eigenvalue weighted by Gasteiger charge is 2.02. The second kappa shape index (κ2) is 8.20. The molecule has 0 aliphatic carbocycles. The lowest BCUT2D eigenvalue weighted by Crippen LogP contribution is -1.94. The van der Waals surface area contributed by atoms with E-state index < -0.39 is 0 Å². The van der Waals surface area contributed by atoms with Crippen molar-refractivity contribution < 1.29 is 5.11 Å². The molecule has 27 heavy (non-hydrogen) atoms. The molecule has 4 nitrogen and oxygen atoms in total. The molecule has 1 heterocycles. The first-order valence-corrected chi connectivity index (χ1v) is 9.67. The van der Waals surface area contributed by atoms with Crippen LogP contribution < -0.4 is 0 Å². The van der Waals surface area contributed by atoms with Crippen LogP contribution >= 0.6 is 11.8 Å². The van der Waals surface area contributed by atoms with E-state index >= 15 is 0 Å². The number of hydrogen-bond acceptors (Lipinski definition) is 4. The molecule has 0 aliphatic heterocycles. The summed E-state index contributed by atoms with van der Waals surface area (Å²) in [5.74, 6) is 0.919. The van der Waals surface area contributed by atoms with Crippen LogP contribution in [0.15, 0.2) is 90.3 Å². The Kier molecular flexibility index (Phi) is 5.32. The topological polar surface area (TPSA) is 50.9 Å². The van der Waals surface area contributed by atoms with Crippen LogP contribution in [0.2, 0.25) is 0 Å². The van der Waals surface area contributed by atoms with Gasteiger partial charge in [-0.15, -0.1) is 11.8 Å². The minimum atomic E-state index is 0.0790. The Hall–Kier alpha value is -2.89. The van der Waals surface area contributed by atoms with E-state index in [1.165, 1.54) is 22.3 Å². The van der Waals surface area contributed by atoms with E-state index in [2.05, 4.69) is 58.6 Å². The third-order valence-electron chi connectivity index (χ3n) is 4.35. The fraction of sp³-hybridized carbons (Fsp3) is 0.0909. The van der Waals surface area contributed by atoms with Gasteiger partial charge in [0.2, 0.25) is 0 Å². The molecular formula is C22H19N3OS. The van der Waals surface area contributed by atoms with Gasteiger partial charge in [0, 0.05) is 10.6 Å². The molecule has 0 saturated heterocycles. The molecule has 1 N–H and O–H groups in total. The molecule has 0 aliphatic rings. The molecule has 134 valence electrons. The lowest BCUT2D eigenvalue weighted by atomic mass is 10.0. The van der Waals surface area contributed by atoms with E-state index in [0.29, 0.717) is 0 Å². The van der Waals surface area contributed by atoms with Crippen LogP contribution in [0.1, 0.15) is 11.1 Å². The fourth-order valence-corrected chi connectivity index (χ4v) is 3.65. The number of benzene rings is 3. The van der Waals surface area contributed by atoms with Gasteiger partial charge in [0.1, 0.15) is 12.7 Å². The lowest BCUT2D eigenvalue weighted by Gasteiger charge is -2.06. The summed E-state index contributed by atoms with van der Waals surface area (Å²) in [6, 6.07) is 25.0. The second-order valence-corrected chi connectivity index (χ2v) is 7.22. The summed E-state index contributed by atoms with van der Waals surface area (Å²) in [5, 5.41) is 13.3. The summed E-state index contributed by atoms with van der Waals surface area (Å²) in [4.78, 5) is 5.21. The molecular weight excluding hydrogens is 354 g/mol. The Morgan fingerprint density at radius 3 is 2.00 bits per heavy atom. The standard InChI is InChI=1S/C22H19N3OS/c26-13-17-1-5-19(6-2-17)20-7-11-22(12-8-20)27-14-18-3-9-21(10-4-18)25-16-23-15-24-25/h1-12,15-16,26H,13-14H2. The normalized spacial score (nSPS) is 10.9. The maximum absolute atomic E-state index is 9.14. The maximum atomic E-state index is 9.14. The molecule has 4 aromatic rings. The molecule has 0 amide bonds. The minimum absolute atomic E-state index is 0.0790. The van der Waals surface area contributed by atoms with Gasteiger partial charge in [-0.25, -0.2) is 9.67 Å². The second-order valence-electron chi connectivity index (χ2n) is 6.17. The van der Waals surface area contributed by atoms with Gasteiger partial charge in [0.05, 0.1) is 12.3 Å². The molecule has 0 radical (unpaired) electrons. The zero-order valence-electron chi connectivity index (χ0n) is 14.7. The molecule has 3 aromatic carbocycles. The van der Waals surface area contributed by atoms with E-state index in [-0.39, 0.29) is 6.61 Å². The van der Waals surface area contributed by atoms with Crippen LogP contribution in [0.4, 0.5) is 0 Å². The molecule has 4 rings (SSSR count). The van der Waals surface area contributed by atoms with E-state index in [1.807, 2.05) is 36.0 Å². The van der Waals surface area contributed by atoms with Crippen LogP contribution in [-0.2, 0) is 12.4 Å². The van der Waals surface area contributed by atoms with Crippen molar-refractivity contribution >= 4 is 11.8 Å². The Morgan fingerprint density at radius 2 is 1.41 bits per heavy atom.